The number of nitrogens with one attached hydrogen (secondary N) is 1. The molecule has 1 heterocycles. The van der Waals surface area contributed by atoms with Crippen LogP contribution in [-0.4, -0.2) is 55.1 Å². The molecule has 0 atom stereocenters. The van der Waals surface area contributed by atoms with Crippen molar-refractivity contribution in [3.05, 3.63) is 35.4 Å². The average Bonchev–Trinajstić information content (AvgIpc) is 2.48. The van der Waals surface area contributed by atoms with Gasteiger partial charge in [0, 0.05) is 44.8 Å². The molecule has 4 nitrogen and oxygen atoms in total. The number of likely N-dealkylation sites (N-methyl/N-ethyl adjacent to an activating group) is 1. The molecule has 122 valence electrons. The van der Waals surface area contributed by atoms with E-state index in [1.54, 1.807) is 0 Å². The SMILES string of the molecule is CN1CCN(C(C)(C)CNCc2ccc(C#N)cc2)CC1.Cl. The second kappa shape index (κ2) is 8.50. The first kappa shape index (κ1) is 18.9. The van der Waals surface area contributed by atoms with Crippen LogP contribution in [0.1, 0.15) is 25.0 Å². The number of halogens is 1. The van der Waals surface area contributed by atoms with Crippen LogP contribution in [0, 0.1) is 11.3 Å². The molecule has 1 aromatic carbocycles. The van der Waals surface area contributed by atoms with E-state index in [2.05, 4.69) is 42.1 Å². The average molecular weight is 323 g/mol. The third-order valence-electron chi connectivity index (χ3n) is 4.33. The fourth-order valence-corrected chi connectivity index (χ4v) is 2.73. The predicted octanol–water partition coefficient (Wildman–Crippen LogP) is 2.10. The van der Waals surface area contributed by atoms with E-state index < -0.39 is 0 Å². The molecular formula is C17H27ClN4. The quantitative estimate of drug-likeness (QED) is 0.901. The molecular weight excluding hydrogens is 296 g/mol. The van der Waals surface area contributed by atoms with Crippen LogP contribution >= 0.6 is 12.4 Å². The molecule has 0 aromatic heterocycles. The maximum atomic E-state index is 8.80. The Hall–Kier alpha value is -1.12. The monoisotopic (exact) mass is 322 g/mol. The fourth-order valence-electron chi connectivity index (χ4n) is 2.73. The number of piperazine rings is 1. The molecule has 1 aromatic rings. The smallest absolute Gasteiger partial charge is 0.0991 e. The lowest BCUT2D eigenvalue weighted by atomic mass is 10.0. The van der Waals surface area contributed by atoms with Gasteiger partial charge in [0.1, 0.15) is 0 Å². The first-order valence-corrected chi connectivity index (χ1v) is 7.64. The summed E-state index contributed by atoms with van der Waals surface area (Å²) in [5.41, 5.74) is 2.12. The largest absolute Gasteiger partial charge is 0.311 e. The molecule has 5 heteroatoms. The molecule has 22 heavy (non-hydrogen) atoms. The van der Waals surface area contributed by atoms with E-state index in [1.807, 2.05) is 24.3 Å². The minimum atomic E-state index is 0. The van der Waals surface area contributed by atoms with E-state index in [1.165, 1.54) is 5.56 Å². The van der Waals surface area contributed by atoms with Gasteiger partial charge in [-0.3, -0.25) is 4.90 Å². The lowest BCUT2D eigenvalue weighted by Gasteiger charge is -2.43. The Morgan fingerprint density at radius 2 is 1.73 bits per heavy atom. The van der Waals surface area contributed by atoms with Crippen molar-refractivity contribution in [2.45, 2.75) is 25.9 Å². The van der Waals surface area contributed by atoms with Crippen LogP contribution in [0.15, 0.2) is 24.3 Å². The van der Waals surface area contributed by atoms with Crippen LogP contribution in [0.5, 0.6) is 0 Å². The predicted molar refractivity (Wildman–Crippen MR) is 93.3 cm³/mol. The Bertz CT molecular complexity index is 484. The second-order valence-electron chi connectivity index (χ2n) is 6.52. The minimum absolute atomic E-state index is 0. The topological polar surface area (TPSA) is 42.3 Å². The molecule has 0 unspecified atom stereocenters. The Balaban J connectivity index is 0.00000242. The van der Waals surface area contributed by atoms with Gasteiger partial charge in [-0.1, -0.05) is 12.1 Å². The zero-order valence-electron chi connectivity index (χ0n) is 13.8. The lowest BCUT2D eigenvalue weighted by Crippen LogP contribution is -2.57. The number of benzene rings is 1. The van der Waals surface area contributed by atoms with Crippen LogP contribution in [-0.2, 0) is 6.54 Å². The zero-order chi connectivity index (χ0) is 15.3. The number of nitriles is 1. The van der Waals surface area contributed by atoms with Gasteiger partial charge in [-0.25, -0.2) is 0 Å². The van der Waals surface area contributed by atoms with Crippen LogP contribution in [0.2, 0.25) is 0 Å². The highest BCUT2D eigenvalue weighted by Gasteiger charge is 2.28. The van der Waals surface area contributed by atoms with Crippen molar-refractivity contribution in [3.8, 4) is 6.07 Å². The maximum absolute atomic E-state index is 8.80. The van der Waals surface area contributed by atoms with Gasteiger partial charge in [-0.15, -0.1) is 12.4 Å². The van der Waals surface area contributed by atoms with Gasteiger partial charge in [0.15, 0.2) is 0 Å². The van der Waals surface area contributed by atoms with E-state index >= 15 is 0 Å². The van der Waals surface area contributed by atoms with Gasteiger partial charge in [0.05, 0.1) is 11.6 Å². The maximum Gasteiger partial charge on any atom is 0.0991 e. The lowest BCUT2D eigenvalue weighted by molar-refractivity contribution is 0.0618. The highest BCUT2D eigenvalue weighted by Crippen LogP contribution is 2.16. The third-order valence-corrected chi connectivity index (χ3v) is 4.33. The Kier molecular flexibility index (Phi) is 7.31. The van der Waals surface area contributed by atoms with Crippen molar-refractivity contribution >= 4 is 12.4 Å². The number of hydrogen-bond acceptors (Lipinski definition) is 4. The summed E-state index contributed by atoms with van der Waals surface area (Å²) in [5.74, 6) is 0. The molecule has 1 aliphatic heterocycles. The zero-order valence-corrected chi connectivity index (χ0v) is 14.6. The molecule has 0 aliphatic carbocycles. The van der Waals surface area contributed by atoms with Crippen LogP contribution in [0.3, 0.4) is 0 Å². The van der Waals surface area contributed by atoms with Crippen LogP contribution in [0.25, 0.3) is 0 Å². The Labute approximate surface area is 140 Å². The van der Waals surface area contributed by atoms with Crippen molar-refractivity contribution < 1.29 is 0 Å². The van der Waals surface area contributed by atoms with Gasteiger partial charge in [-0.05, 0) is 38.6 Å². The van der Waals surface area contributed by atoms with E-state index in [0.717, 1.165) is 44.8 Å². The summed E-state index contributed by atoms with van der Waals surface area (Å²) < 4.78 is 0. The second-order valence-corrected chi connectivity index (χ2v) is 6.52. The van der Waals surface area contributed by atoms with Crippen LogP contribution < -0.4 is 5.32 Å². The van der Waals surface area contributed by atoms with Crippen molar-refractivity contribution in [2.75, 3.05) is 39.8 Å². The summed E-state index contributed by atoms with van der Waals surface area (Å²) in [6.07, 6.45) is 0. The van der Waals surface area contributed by atoms with Crippen molar-refractivity contribution in [3.63, 3.8) is 0 Å². The Morgan fingerprint density at radius 3 is 2.27 bits per heavy atom. The van der Waals surface area contributed by atoms with Gasteiger partial charge in [0.25, 0.3) is 0 Å². The van der Waals surface area contributed by atoms with E-state index in [4.69, 9.17) is 5.26 Å². The number of rotatable bonds is 5. The molecule has 2 rings (SSSR count). The minimum Gasteiger partial charge on any atom is -0.311 e. The fraction of sp³-hybridized carbons (Fsp3) is 0.588. The first-order valence-electron chi connectivity index (χ1n) is 7.64. The van der Waals surface area contributed by atoms with E-state index in [9.17, 15) is 0 Å². The first-order chi connectivity index (χ1) is 10.0. The summed E-state index contributed by atoms with van der Waals surface area (Å²) in [4.78, 5) is 4.95. The molecule has 1 saturated heterocycles. The molecule has 0 amide bonds. The summed E-state index contributed by atoms with van der Waals surface area (Å²) in [5, 5.41) is 12.3. The van der Waals surface area contributed by atoms with Crippen LogP contribution in [0.4, 0.5) is 0 Å². The number of hydrogen-bond donors (Lipinski definition) is 1. The molecule has 0 bridgehead atoms. The van der Waals surface area contributed by atoms with Gasteiger partial charge < -0.3 is 10.2 Å². The van der Waals surface area contributed by atoms with E-state index in [0.29, 0.717) is 0 Å². The summed E-state index contributed by atoms with van der Waals surface area (Å²) in [6.45, 7) is 11.0. The standard InChI is InChI=1S/C17H26N4.ClH/c1-17(2,21-10-8-20(3)9-11-21)14-19-13-16-6-4-15(12-18)5-7-16;/h4-7,19H,8-11,13-14H2,1-3H3;1H. The van der Waals surface area contributed by atoms with Gasteiger partial charge in [-0.2, -0.15) is 5.26 Å². The van der Waals surface area contributed by atoms with E-state index in [-0.39, 0.29) is 17.9 Å². The molecule has 1 aliphatic rings. The third kappa shape index (κ3) is 5.26. The Morgan fingerprint density at radius 1 is 1.14 bits per heavy atom. The summed E-state index contributed by atoms with van der Waals surface area (Å²) in [6, 6.07) is 9.95. The van der Waals surface area contributed by atoms with Gasteiger partial charge >= 0.3 is 0 Å². The molecule has 1 fully saturated rings. The van der Waals surface area contributed by atoms with Crippen molar-refractivity contribution in [1.29, 1.82) is 5.26 Å². The molecule has 0 spiro atoms. The van der Waals surface area contributed by atoms with Crippen molar-refractivity contribution in [1.82, 2.24) is 15.1 Å². The number of nitrogens with zero attached hydrogens (tertiary/aromatic N) is 3. The highest BCUT2D eigenvalue weighted by atomic mass is 35.5. The molecule has 0 radical (unpaired) electrons. The highest BCUT2D eigenvalue weighted by molar-refractivity contribution is 5.85. The van der Waals surface area contributed by atoms with Gasteiger partial charge in [0.2, 0.25) is 0 Å². The summed E-state index contributed by atoms with van der Waals surface area (Å²) >= 11 is 0. The molecule has 1 N–H and O–H groups in total. The van der Waals surface area contributed by atoms with Crippen molar-refractivity contribution in [2.24, 2.45) is 0 Å². The summed E-state index contributed by atoms with van der Waals surface area (Å²) in [7, 11) is 2.19. The molecule has 0 saturated carbocycles. The normalized spacial score (nSPS) is 16.8.